The van der Waals surface area contributed by atoms with Crippen LogP contribution in [0.4, 0.5) is 10.1 Å². The van der Waals surface area contributed by atoms with Crippen LogP contribution >= 0.6 is 0 Å². The highest BCUT2D eigenvalue weighted by Gasteiger charge is 2.18. The molecule has 0 spiro atoms. The van der Waals surface area contributed by atoms with E-state index in [0.29, 0.717) is 0 Å². The molecule has 0 amide bonds. The van der Waals surface area contributed by atoms with Gasteiger partial charge in [-0.3, -0.25) is 0 Å². The second-order valence-electron chi connectivity index (χ2n) is 5.89. The largest absolute Gasteiger partial charge is 0.369 e. The van der Waals surface area contributed by atoms with Crippen molar-refractivity contribution in [2.45, 2.75) is 45.6 Å². The second kappa shape index (κ2) is 7.63. The van der Waals surface area contributed by atoms with Crippen molar-refractivity contribution in [3.05, 3.63) is 29.6 Å². The molecule has 0 aliphatic carbocycles. The Morgan fingerprint density at radius 1 is 1.30 bits per heavy atom. The number of nitrogens with zero attached hydrogens (tertiary/aromatic N) is 1. The molecule has 1 aromatic rings. The summed E-state index contributed by atoms with van der Waals surface area (Å²) in [5, 5.41) is 3.06. The fraction of sp³-hybridized carbons (Fsp3) is 0.647. The van der Waals surface area contributed by atoms with Crippen molar-refractivity contribution in [1.29, 1.82) is 0 Å². The fourth-order valence-corrected chi connectivity index (χ4v) is 3.22. The second-order valence-corrected chi connectivity index (χ2v) is 5.89. The van der Waals surface area contributed by atoms with Gasteiger partial charge < -0.3 is 10.2 Å². The third kappa shape index (κ3) is 3.95. The summed E-state index contributed by atoms with van der Waals surface area (Å²) in [4.78, 5) is 2.23. The zero-order valence-electron chi connectivity index (χ0n) is 12.8. The summed E-state index contributed by atoms with van der Waals surface area (Å²) in [6.45, 7) is 4.95. The van der Waals surface area contributed by atoms with E-state index >= 15 is 0 Å². The predicted molar refractivity (Wildman–Crippen MR) is 83.6 cm³/mol. The molecule has 112 valence electrons. The highest BCUT2D eigenvalue weighted by atomic mass is 19.1. The molecule has 0 aromatic heterocycles. The molecule has 1 N–H and O–H groups in total. The van der Waals surface area contributed by atoms with Crippen LogP contribution < -0.4 is 10.2 Å². The lowest BCUT2D eigenvalue weighted by atomic mass is 9.96. The Morgan fingerprint density at radius 2 is 2.15 bits per heavy atom. The van der Waals surface area contributed by atoms with Crippen LogP contribution in [0.15, 0.2) is 18.2 Å². The van der Waals surface area contributed by atoms with Gasteiger partial charge in [0.2, 0.25) is 0 Å². The molecule has 1 aromatic carbocycles. The van der Waals surface area contributed by atoms with Crippen LogP contribution in [0.25, 0.3) is 0 Å². The minimum Gasteiger partial charge on any atom is -0.369 e. The van der Waals surface area contributed by atoms with Gasteiger partial charge in [-0.1, -0.05) is 25.8 Å². The van der Waals surface area contributed by atoms with E-state index in [4.69, 9.17) is 0 Å². The smallest absolute Gasteiger partial charge is 0.146 e. The zero-order chi connectivity index (χ0) is 14.4. The molecule has 1 heterocycles. The number of anilines is 1. The lowest BCUT2D eigenvalue weighted by Crippen LogP contribution is -2.25. The van der Waals surface area contributed by atoms with Gasteiger partial charge in [-0.15, -0.1) is 0 Å². The van der Waals surface area contributed by atoms with Crippen LogP contribution in [0.3, 0.4) is 0 Å². The van der Waals surface area contributed by atoms with E-state index in [1.165, 1.54) is 32.1 Å². The number of halogens is 1. The lowest BCUT2D eigenvalue weighted by molar-refractivity contribution is 0.435. The van der Waals surface area contributed by atoms with Gasteiger partial charge >= 0.3 is 0 Å². The fourth-order valence-electron chi connectivity index (χ4n) is 3.22. The number of nitrogens with one attached hydrogen (secondary N) is 1. The maximum absolute atomic E-state index is 14.3. The maximum atomic E-state index is 14.3. The quantitative estimate of drug-likeness (QED) is 0.877. The Kier molecular flexibility index (Phi) is 5.84. The summed E-state index contributed by atoms with van der Waals surface area (Å²) in [5.41, 5.74) is 1.79. The van der Waals surface area contributed by atoms with Gasteiger partial charge in [0.1, 0.15) is 5.82 Å². The van der Waals surface area contributed by atoms with E-state index in [-0.39, 0.29) is 5.82 Å². The molecular weight excluding hydrogens is 251 g/mol. The minimum absolute atomic E-state index is 0.0771. The van der Waals surface area contributed by atoms with Gasteiger partial charge in [0, 0.05) is 19.6 Å². The summed E-state index contributed by atoms with van der Waals surface area (Å²) < 4.78 is 14.3. The Bertz CT molecular complexity index is 419. The molecule has 1 aliphatic heterocycles. The zero-order valence-corrected chi connectivity index (χ0v) is 12.8. The van der Waals surface area contributed by atoms with E-state index < -0.39 is 0 Å². The van der Waals surface area contributed by atoms with E-state index in [1.54, 1.807) is 6.07 Å². The Hall–Kier alpha value is -1.09. The van der Waals surface area contributed by atoms with E-state index in [1.807, 2.05) is 19.2 Å². The molecule has 1 atom stereocenters. The minimum atomic E-state index is -0.0771. The number of hydrogen-bond acceptors (Lipinski definition) is 2. The molecule has 0 radical (unpaired) electrons. The summed E-state index contributed by atoms with van der Waals surface area (Å²) >= 11 is 0. The average molecular weight is 278 g/mol. The monoisotopic (exact) mass is 278 g/mol. The van der Waals surface area contributed by atoms with E-state index in [0.717, 1.165) is 36.8 Å². The number of benzene rings is 1. The highest BCUT2D eigenvalue weighted by molar-refractivity contribution is 5.49. The average Bonchev–Trinajstić information content (AvgIpc) is 2.66. The predicted octanol–water partition coefficient (Wildman–Crippen LogP) is 3.95. The topological polar surface area (TPSA) is 15.3 Å². The van der Waals surface area contributed by atoms with Crippen LogP contribution in [0, 0.1) is 11.7 Å². The Morgan fingerprint density at radius 3 is 2.85 bits per heavy atom. The third-order valence-electron chi connectivity index (χ3n) is 4.28. The van der Waals surface area contributed by atoms with Crippen LogP contribution in [0.2, 0.25) is 0 Å². The SMILES string of the molecule is CCCC1CCCN(c2ccc(CNC)cc2F)CC1. The lowest BCUT2D eigenvalue weighted by Gasteiger charge is -2.24. The Balaban J connectivity index is 2.03. The summed E-state index contributed by atoms with van der Waals surface area (Å²) in [5.74, 6) is 0.753. The molecule has 2 rings (SSSR count). The number of rotatable bonds is 5. The van der Waals surface area contributed by atoms with Gasteiger partial charge in [0.05, 0.1) is 5.69 Å². The van der Waals surface area contributed by atoms with E-state index in [9.17, 15) is 4.39 Å². The van der Waals surface area contributed by atoms with Gasteiger partial charge in [-0.05, 0) is 49.9 Å². The van der Waals surface area contributed by atoms with E-state index in [2.05, 4.69) is 17.1 Å². The summed E-state index contributed by atoms with van der Waals surface area (Å²) in [6.07, 6.45) is 6.26. The van der Waals surface area contributed by atoms with Crippen molar-refractivity contribution < 1.29 is 4.39 Å². The first-order valence-corrected chi connectivity index (χ1v) is 7.92. The Labute approximate surface area is 122 Å². The molecule has 1 saturated heterocycles. The van der Waals surface area contributed by atoms with Crippen molar-refractivity contribution >= 4 is 5.69 Å². The number of hydrogen-bond donors (Lipinski definition) is 1. The molecular formula is C17H27FN2. The molecule has 0 bridgehead atoms. The molecule has 1 unspecified atom stereocenters. The molecule has 3 heteroatoms. The van der Waals surface area contributed by atoms with Crippen LogP contribution in [0.1, 0.15) is 44.6 Å². The van der Waals surface area contributed by atoms with Crippen molar-refractivity contribution in [2.24, 2.45) is 5.92 Å². The summed E-state index contributed by atoms with van der Waals surface area (Å²) in [7, 11) is 1.88. The van der Waals surface area contributed by atoms with Crippen molar-refractivity contribution in [3.63, 3.8) is 0 Å². The molecule has 2 nitrogen and oxygen atoms in total. The van der Waals surface area contributed by atoms with Crippen LogP contribution in [0.5, 0.6) is 0 Å². The van der Waals surface area contributed by atoms with Gasteiger partial charge in [0.25, 0.3) is 0 Å². The molecule has 1 aliphatic rings. The van der Waals surface area contributed by atoms with Gasteiger partial charge in [-0.25, -0.2) is 4.39 Å². The first-order chi connectivity index (χ1) is 9.74. The van der Waals surface area contributed by atoms with Crippen LogP contribution in [-0.2, 0) is 6.54 Å². The van der Waals surface area contributed by atoms with Gasteiger partial charge in [0.15, 0.2) is 0 Å². The summed E-state index contributed by atoms with van der Waals surface area (Å²) in [6, 6.07) is 5.64. The highest BCUT2D eigenvalue weighted by Crippen LogP contribution is 2.27. The normalized spacial score (nSPS) is 19.9. The van der Waals surface area contributed by atoms with Crippen molar-refractivity contribution in [1.82, 2.24) is 5.32 Å². The standard InChI is InChI=1S/C17H27FN2/c1-3-5-14-6-4-10-20(11-9-14)17-8-7-15(13-19-2)12-16(17)18/h7-8,12,14,19H,3-6,9-11,13H2,1-2H3. The molecule has 1 fully saturated rings. The first-order valence-electron chi connectivity index (χ1n) is 7.92. The third-order valence-corrected chi connectivity index (χ3v) is 4.28. The van der Waals surface area contributed by atoms with Gasteiger partial charge in [-0.2, -0.15) is 0 Å². The maximum Gasteiger partial charge on any atom is 0.146 e. The molecule has 0 saturated carbocycles. The van der Waals surface area contributed by atoms with Crippen molar-refractivity contribution in [3.8, 4) is 0 Å². The first kappa shape index (κ1) is 15.3. The van der Waals surface area contributed by atoms with Crippen LogP contribution in [-0.4, -0.2) is 20.1 Å². The molecule has 20 heavy (non-hydrogen) atoms. The van der Waals surface area contributed by atoms with Crippen molar-refractivity contribution in [2.75, 3.05) is 25.0 Å².